The van der Waals surface area contributed by atoms with Gasteiger partial charge in [-0.1, -0.05) is 13.8 Å². The Morgan fingerprint density at radius 3 is 2.86 bits per heavy atom. The number of nitrogens with zero attached hydrogens (tertiary/aromatic N) is 1. The molecule has 1 heterocycles. The fourth-order valence-corrected chi connectivity index (χ4v) is 2.04. The lowest BCUT2D eigenvalue weighted by atomic mass is 10.0. The number of hydrogen-bond donors (Lipinski definition) is 1. The molecule has 2 N–H and O–H groups in total. The summed E-state index contributed by atoms with van der Waals surface area (Å²) in [7, 11) is 0. The maximum absolute atomic E-state index is 11.7. The van der Waals surface area contributed by atoms with Gasteiger partial charge in [-0.25, -0.2) is 0 Å². The van der Waals surface area contributed by atoms with E-state index in [0.717, 1.165) is 26.1 Å². The standard InChI is InChI=1S/C11H22N2O/c1-9(2)11(14)13-7-5-10(8-13)4-3-6-12/h9-10H,3-8,12H2,1-2H3. The zero-order valence-electron chi connectivity index (χ0n) is 9.33. The van der Waals surface area contributed by atoms with Crippen molar-refractivity contribution in [2.45, 2.75) is 33.1 Å². The third kappa shape index (κ3) is 2.98. The van der Waals surface area contributed by atoms with Gasteiger partial charge in [0, 0.05) is 19.0 Å². The molecular weight excluding hydrogens is 176 g/mol. The van der Waals surface area contributed by atoms with Crippen molar-refractivity contribution in [1.29, 1.82) is 0 Å². The molecule has 0 saturated carbocycles. The highest BCUT2D eigenvalue weighted by Crippen LogP contribution is 2.21. The fourth-order valence-electron chi connectivity index (χ4n) is 2.04. The molecule has 0 aromatic rings. The first-order valence-corrected chi connectivity index (χ1v) is 5.64. The van der Waals surface area contributed by atoms with Crippen molar-refractivity contribution in [3.05, 3.63) is 0 Å². The third-order valence-corrected chi connectivity index (χ3v) is 2.91. The van der Waals surface area contributed by atoms with Crippen LogP contribution in [0.2, 0.25) is 0 Å². The molecular formula is C11H22N2O. The minimum absolute atomic E-state index is 0.142. The molecule has 82 valence electrons. The second-order valence-electron chi connectivity index (χ2n) is 4.52. The Morgan fingerprint density at radius 2 is 2.29 bits per heavy atom. The molecule has 1 rings (SSSR count). The van der Waals surface area contributed by atoms with Gasteiger partial charge in [0.2, 0.25) is 5.91 Å². The highest BCUT2D eigenvalue weighted by Gasteiger charge is 2.26. The number of amides is 1. The van der Waals surface area contributed by atoms with Gasteiger partial charge in [-0.15, -0.1) is 0 Å². The van der Waals surface area contributed by atoms with Crippen molar-refractivity contribution >= 4 is 5.91 Å². The lowest BCUT2D eigenvalue weighted by molar-refractivity contribution is -0.133. The van der Waals surface area contributed by atoms with Crippen LogP contribution in [-0.2, 0) is 4.79 Å². The molecule has 1 amide bonds. The van der Waals surface area contributed by atoms with Gasteiger partial charge in [0.1, 0.15) is 0 Å². The van der Waals surface area contributed by atoms with Crippen molar-refractivity contribution in [2.24, 2.45) is 17.6 Å². The molecule has 1 aliphatic rings. The van der Waals surface area contributed by atoms with Gasteiger partial charge in [0.05, 0.1) is 0 Å². The quantitative estimate of drug-likeness (QED) is 0.738. The van der Waals surface area contributed by atoms with Crippen LogP contribution in [-0.4, -0.2) is 30.4 Å². The van der Waals surface area contributed by atoms with Gasteiger partial charge in [0.15, 0.2) is 0 Å². The van der Waals surface area contributed by atoms with E-state index in [1.54, 1.807) is 0 Å². The summed E-state index contributed by atoms with van der Waals surface area (Å²) in [6.07, 6.45) is 3.44. The highest BCUT2D eigenvalue weighted by molar-refractivity contribution is 5.78. The molecule has 3 heteroatoms. The first-order valence-electron chi connectivity index (χ1n) is 5.64. The molecule has 14 heavy (non-hydrogen) atoms. The van der Waals surface area contributed by atoms with Gasteiger partial charge < -0.3 is 10.6 Å². The van der Waals surface area contributed by atoms with E-state index in [0.29, 0.717) is 11.8 Å². The average molecular weight is 198 g/mol. The SMILES string of the molecule is CC(C)C(=O)N1CCC(CCCN)C1. The van der Waals surface area contributed by atoms with Crippen molar-refractivity contribution < 1.29 is 4.79 Å². The smallest absolute Gasteiger partial charge is 0.225 e. The Kier molecular flexibility index (Phi) is 4.39. The Balaban J connectivity index is 2.30. The van der Waals surface area contributed by atoms with Crippen LogP contribution in [0.4, 0.5) is 0 Å². The largest absolute Gasteiger partial charge is 0.342 e. The molecule has 0 bridgehead atoms. The number of rotatable bonds is 4. The molecule has 1 unspecified atom stereocenters. The topological polar surface area (TPSA) is 46.3 Å². The number of nitrogens with two attached hydrogens (primary N) is 1. The monoisotopic (exact) mass is 198 g/mol. The number of hydrogen-bond acceptors (Lipinski definition) is 2. The van der Waals surface area contributed by atoms with Gasteiger partial charge in [-0.05, 0) is 31.7 Å². The van der Waals surface area contributed by atoms with E-state index in [4.69, 9.17) is 5.73 Å². The lowest BCUT2D eigenvalue weighted by Crippen LogP contribution is -2.32. The number of carbonyl (C=O) groups is 1. The van der Waals surface area contributed by atoms with Crippen LogP contribution in [0.3, 0.4) is 0 Å². The zero-order chi connectivity index (χ0) is 10.6. The van der Waals surface area contributed by atoms with Crippen molar-refractivity contribution in [1.82, 2.24) is 4.90 Å². The molecule has 0 spiro atoms. The minimum atomic E-state index is 0.142. The first-order chi connectivity index (χ1) is 6.65. The Labute approximate surface area is 86.6 Å². The summed E-state index contributed by atoms with van der Waals surface area (Å²) in [6.45, 7) is 6.61. The van der Waals surface area contributed by atoms with E-state index in [9.17, 15) is 4.79 Å². The van der Waals surface area contributed by atoms with Crippen LogP contribution in [0.15, 0.2) is 0 Å². The second kappa shape index (κ2) is 5.35. The van der Waals surface area contributed by atoms with Crippen molar-refractivity contribution in [2.75, 3.05) is 19.6 Å². The van der Waals surface area contributed by atoms with Crippen LogP contribution >= 0.6 is 0 Å². The van der Waals surface area contributed by atoms with E-state index in [-0.39, 0.29) is 5.92 Å². The molecule has 0 aromatic carbocycles. The lowest BCUT2D eigenvalue weighted by Gasteiger charge is -2.18. The summed E-state index contributed by atoms with van der Waals surface area (Å²) in [6, 6.07) is 0. The van der Waals surface area contributed by atoms with Gasteiger partial charge >= 0.3 is 0 Å². The summed E-state index contributed by atoms with van der Waals surface area (Å²) in [5.74, 6) is 1.14. The van der Waals surface area contributed by atoms with E-state index in [1.807, 2.05) is 18.7 Å². The van der Waals surface area contributed by atoms with Crippen LogP contribution < -0.4 is 5.73 Å². The van der Waals surface area contributed by atoms with Crippen molar-refractivity contribution in [3.8, 4) is 0 Å². The van der Waals surface area contributed by atoms with Crippen LogP contribution in [0.1, 0.15) is 33.1 Å². The van der Waals surface area contributed by atoms with Crippen LogP contribution in [0.5, 0.6) is 0 Å². The predicted octanol–water partition coefficient (Wildman–Crippen LogP) is 1.23. The normalized spacial score (nSPS) is 22.0. The van der Waals surface area contributed by atoms with Gasteiger partial charge in [0.25, 0.3) is 0 Å². The Morgan fingerprint density at radius 1 is 1.57 bits per heavy atom. The maximum Gasteiger partial charge on any atom is 0.225 e. The zero-order valence-corrected chi connectivity index (χ0v) is 9.33. The summed E-state index contributed by atoms with van der Waals surface area (Å²) in [5, 5.41) is 0. The predicted molar refractivity (Wildman–Crippen MR) is 57.8 cm³/mol. The van der Waals surface area contributed by atoms with Crippen molar-refractivity contribution in [3.63, 3.8) is 0 Å². The highest BCUT2D eigenvalue weighted by atomic mass is 16.2. The van der Waals surface area contributed by atoms with E-state index < -0.39 is 0 Å². The summed E-state index contributed by atoms with van der Waals surface area (Å²) < 4.78 is 0. The molecule has 0 radical (unpaired) electrons. The molecule has 1 atom stereocenters. The summed E-state index contributed by atoms with van der Waals surface area (Å²) in [4.78, 5) is 13.7. The van der Waals surface area contributed by atoms with Crippen LogP contribution in [0, 0.1) is 11.8 Å². The summed E-state index contributed by atoms with van der Waals surface area (Å²) >= 11 is 0. The molecule has 1 saturated heterocycles. The molecule has 1 fully saturated rings. The van der Waals surface area contributed by atoms with Gasteiger partial charge in [-0.3, -0.25) is 4.79 Å². The third-order valence-electron chi connectivity index (χ3n) is 2.91. The maximum atomic E-state index is 11.7. The Hall–Kier alpha value is -0.570. The van der Waals surface area contributed by atoms with Gasteiger partial charge in [-0.2, -0.15) is 0 Å². The minimum Gasteiger partial charge on any atom is -0.342 e. The molecule has 3 nitrogen and oxygen atoms in total. The van der Waals surface area contributed by atoms with Crippen LogP contribution in [0.25, 0.3) is 0 Å². The van der Waals surface area contributed by atoms with E-state index >= 15 is 0 Å². The molecule has 0 aliphatic carbocycles. The number of likely N-dealkylation sites (tertiary alicyclic amines) is 1. The summed E-state index contributed by atoms with van der Waals surface area (Å²) in [5.41, 5.74) is 5.47. The fraction of sp³-hybridized carbons (Fsp3) is 0.909. The Bertz CT molecular complexity index is 192. The molecule has 0 aromatic heterocycles. The average Bonchev–Trinajstić information content (AvgIpc) is 2.61. The van der Waals surface area contributed by atoms with E-state index in [1.165, 1.54) is 12.8 Å². The van der Waals surface area contributed by atoms with E-state index in [2.05, 4.69) is 0 Å². The second-order valence-corrected chi connectivity index (χ2v) is 4.52. The molecule has 1 aliphatic heterocycles. The number of carbonyl (C=O) groups excluding carboxylic acids is 1. The first kappa shape index (κ1) is 11.5.